The average Bonchev–Trinajstić information content (AvgIpc) is 2.70. The Balaban J connectivity index is 2.16. The van der Waals surface area contributed by atoms with Crippen molar-refractivity contribution in [2.24, 2.45) is 11.7 Å². The van der Waals surface area contributed by atoms with Gasteiger partial charge in [-0.1, -0.05) is 19.8 Å². The topological polar surface area (TPSA) is 104 Å². The van der Waals surface area contributed by atoms with E-state index in [-0.39, 0.29) is 18.9 Å². The van der Waals surface area contributed by atoms with Gasteiger partial charge in [0.25, 0.3) is 0 Å². The Hall–Kier alpha value is -1.14. The Labute approximate surface area is 112 Å². The van der Waals surface area contributed by atoms with Gasteiger partial charge < -0.3 is 20.8 Å². The molecule has 0 spiro atoms. The van der Waals surface area contributed by atoms with Crippen LogP contribution in [-0.4, -0.2) is 51.2 Å². The summed E-state index contributed by atoms with van der Waals surface area (Å²) in [5.41, 5.74) is 5.25. The van der Waals surface area contributed by atoms with Crippen molar-refractivity contribution in [1.82, 2.24) is 4.90 Å². The van der Waals surface area contributed by atoms with E-state index in [4.69, 9.17) is 10.8 Å². The summed E-state index contributed by atoms with van der Waals surface area (Å²) in [4.78, 5) is 25.0. The standard InChI is InChI=1S/C13H22N2O4/c1-8-3-2-4-13(14,6-8)12(19)15-7-9(16)5-10(15)11(17)18/h8-10,16H,2-7,14H2,1H3,(H,17,18)/t8?,9-,10+,13?/m1/s1. The molecule has 4 atom stereocenters. The molecule has 4 N–H and O–H groups in total. The zero-order chi connectivity index (χ0) is 14.2. The first-order valence-corrected chi connectivity index (χ1v) is 6.84. The second kappa shape index (κ2) is 5.09. The van der Waals surface area contributed by atoms with Gasteiger partial charge in [0.2, 0.25) is 5.91 Å². The largest absolute Gasteiger partial charge is 0.480 e. The van der Waals surface area contributed by atoms with Crippen LogP contribution in [0.2, 0.25) is 0 Å². The van der Waals surface area contributed by atoms with E-state index in [0.717, 1.165) is 12.8 Å². The number of aliphatic hydroxyl groups is 1. The molecule has 1 amide bonds. The highest BCUT2D eigenvalue weighted by molar-refractivity contribution is 5.90. The van der Waals surface area contributed by atoms with E-state index >= 15 is 0 Å². The van der Waals surface area contributed by atoms with Gasteiger partial charge in [0, 0.05) is 13.0 Å². The molecule has 0 aromatic rings. The maximum Gasteiger partial charge on any atom is 0.326 e. The molecule has 1 saturated heterocycles. The summed E-state index contributed by atoms with van der Waals surface area (Å²) in [7, 11) is 0. The van der Waals surface area contributed by atoms with Crippen LogP contribution in [0.4, 0.5) is 0 Å². The first-order chi connectivity index (χ1) is 8.83. The number of carboxylic acid groups (broad SMARTS) is 1. The Morgan fingerprint density at radius 2 is 2.11 bits per heavy atom. The molecule has 0 aromatic heterocycles. The summed E-state index contributed by atoms with van der Waals surface area (Å²) in [6.45, 7) is 2.13. The Morgan fingerprint density at radius 3 is 2.68 bits per heavy atom. The number of aliphatic hydroxyl groups excluding tert-OH is 1. The molecule has 2 aliphatic rings. The zero-order valence-electron chi connectivity index (χ0n) is 11.2. The van der Waals surface area contributed by atoms with Crippen LogP contribution in [0.5, 0.6) is 0 Å². The monoisotopic (exact) mass is 270 g/mol. The van der Waals surface area contributed by atoms with Crippen LogP contribution in [0.3, 0.4) is 0 Å². The molecule has 0 aromatic carbocycles. The van der Waals surface area contributed by atoms with Crippen molar-refractivity contribution in [3.63, 3.8) is 0 Å². The third kappa shape index (κ3) is 2.74. The van der Waals surface area contributed by atoms with E-state index in [9.17, 15) is 14.7 Å². The number of carbonyl (C=O) groups is 2. The molecule has 1 saturated carbocycles. The number of hydrogen-bond acceptors (Lipinski definition) is 4. The highest BCUT2D eigenvalue weighted by atomic mass is 16.4. The molecule has 2 rings (SSSR count). The fraction of sp³-hybridized carbons (Fsp3) is 0.846. The average molecular weight is 270 g/mol. The lowest BCUT2D eigenvalue weighted by molar-refractivity contribution is -0.151. The van der Waals surface area contributed by atoms with Crippen LogP contribution in [0.1, 0.15) is 39.0 Å². The number of β-amino-alcohol motifs (C(OH)–C–C–N with tert-alkyl or cyclic N) is 1. The number of likely N-dealkylation sites (tertiary alicyclic amines) is 1. The fourth-order valence-corrected chi connectivity index (χ4v) is 3.34. The maximum absolute atomic E-state index is 12.6. The van der Waals surface area contributed by atoms with Crippen LogP contribution >= 0.6 is 0 Å². The van der Waals surface area contributed by atoms with Crippen molar-refractivity contribution in [1.29, 1.82) is 0 Å². The third-order valence-corrected chi connectivity index (χ3v) is 4.28. The van der Waals surface area contributed by atoms with Gasteiger partial charge in [0.05, 0.1) is 11.6 Å². The second-order valence-electron chi connectivity index (χ2n) is 6.06. The van der Waals surface area contributed by atoms with Gasteiger partial charge in [-0.15, -0.1) is 0 Å². The number of amides is 1. The number of rotatable bonds is 2. The summed E-state index contributed by atoms with van der Waals surface area (Å²) in [5, 5.41) is 18.7. The normalized spacial score (nSPS) is 39.3. The van der Waals surface area contributed by atoms with Gasteiger partial charge >= 0.3 is 5.97 Å². The first kappa shape index (κ1) is 14.3. The summed E-state index contributed by atoms with van der Waals surface area (Å²) in [5.74, 6) is -1.01. The van der Waals surface area contributed by atoms with E-state index in [1.807, 2.05) is 0 Å². The summed E-state index contributed by atoms with van der Waals surface area (Å²) >= 11 is 0. The van der Waals surface area contributed by atoms with Crippen molar-refractivity contribution in [2.75, 3.05) is 6.54 Å². The van der Waals surface area contributed by atoms with E-state index in [0.29, 0.717) is 18.8 Å². The van der Waals surface area contributed by atoms with Crippen LogP contribution < -0.4 is 5.73 Å². The van der Waals surface area contributed by atoms with Crippen LogP contribution in [0.15, 0.2) is 0 Å². The quantitative estimate of drug-likeness (QED) is 0.652. The summed E-state index contributed by atoms with van der Waals surface area (Å²) in [6.07, 6.45) is 2.44. The second-order valence-corrected chi connectivity index (χ2v) is 6.06. The van der Waals surface area contributed by atoms with Crippen molar-refractivity contribution < 1.29 is 19.8 Å². The maximum atomic E-state index is 12.6. The molecule has 1 aliphatic carbocycles. The van der Waals surface area contributed by atoms with E-state index < -0.39 is 23.7 Å². The molecule has 0 radical (unpaired) electrons. The van der Waals surface area contributed by atoms with E-state index in [1.54, 1.807) is 0 Å². The number of nitrogens with two attached hydrogens (primary N) is 1. The molecule has 108 valence electrons. The van der Waals surface area contributed by atoms with Gasteiger partial charge in [-0.2, -0.15) is 0 Å². The van der Waals surface area contributed by atoms with Gasteiger partial charge in [-0.05, 0) is 18.8 Å². The molecule has 6 nitrogen and oxygen atoms in total. The molecule has 0 bridgehead atoms. The lowest BCUT2D eigenvalue weighted by Gasteiger charge is -2.39. The fourth-order valence-electron chi connectivity index (χ4n) is 3.34. The minimum absolute atomic E-state index is 0.0726. The molecule has 1 aliphatic heterocycles. The Morgan fingerprint density at radius 1 is 1.42 bits per heavy atom. The number of carboxylic acids is 1. The van der Waals surface area contributed by atoms with Gasteiger partial charge in [0.15, 0.2) is 0 Å². The van der Waals surface area contributed by atoms with E-state index in [1.165, 1.54) is 4.90 Å². The summed E-state index contributed by atoms with van der Waals surface area (Å²) in [6, 6.07) is -0.944. The molecule has 2 fully saturated rings. The number of aliphatic carboxylic acids is 1. The smallest absolute Gasteiger partial charge is 0.326 e. The Kier molecular flexibility index (Phi) is 3.82. The first-order valence-electron chi connectivity index (χ1n) is 6.84. The lowest BCUT2D eigenvalue weighted by Crippen LogP contribution is -2.59. The van der Waals surface area contributed by atoms with Crippen LogP contribution in [-0.2, 0) is 9.59 Å². The third-order valence-electron chi connectivity index (χ3n) is 4.28. The number of carbonyl (C=O) groups excluding carboxylic acids is 1. The van der Waals surface area contributed by atoms with Crippen LogP contribution in [0, 0.1) is 5.92 Å². The summed E-state index contributed by atoms with van der Waals surface area (Å²) < 4.78 is 0. The van der Waals surface area contributed by atoms with Gasteiger partial charge in [-0.25, -0.2) is 4.79 Å². The lowest BCUT2D eigenvalue weighted by atomic mass is 9.76. The zero-order valence-corrected chi connectivity index (χ0v) is 11.2. The van der Waals surface area contributed by atoms with Crippen molar-refractivity contribution in [3.8, 4) is 0 Å². The minimum Gasteiger partial charge on any atom is -0.480 e. The molecule has 6 heteroatoms. The molecule has 2 unspecified atom stereocenters. The highest BCUT2D eigenvalue weighted by Gasteiger charge is 2.47. The van der Waals surface area contributed by atoms with Crippen molar-refractivity contribution in [2.45, 2.75) is 56.7 Å². The van der Waals surface area contributed by atoms with Crippen LogP contribution in [0.25, 0.3) is 0 Å². The van der Waals surface area contributed by atoms with Crippen molar-refractivity contribution in [3.05, 3.63) is 0 Å². The molecular weight excluding hydrogens is 248 g/mol. The SMILES string of the molecule is CC1CCCC(N)(C(=O)N2C[C@H](O)C[C@H]2C(=O)O)C1. The van der Waals surface area contributed by atoms with Crippen molar-refractivity contribution >= 4 is 11.9 Å². The minimum atomic E-state index is -1.07. The predicted octanol–water partition coefficient (Wildman–Crippen LogP) is -0.0596. The molecule has 1 heterocycles. The highest BCUT2D eigenvalue weighted by Crippen LogP contribution is 2.33. The number of hydrogen-bond donors (Lipinski definition) is 3. The van der Waals surface area contributed by atoms with E-state index in [2.05, 4.69) is 6.92 Å². The molecule has 19 heavy (non-hydrogen) atoms. The Bertz CT molecular complexity index is 387. The molecular formula is C13H22N2O4. The van der Waals surface area contributed by atoms with Gasteiger partial charge in [0.1, 0.15) is 6.04 Å². The predicted molar refractivity (Wildman–Crippen MR) is 68.3 cm³/mol. The van der Waals surface area contributed by atoms with Gasteiger partial charge in [-0.3, -0.25) is 4.79 Å². The number of nitrogens with zero attached hydrogens (tertiary/aromatic N) is 1.